The molecule has 2 heterocycles. The van der Waals surface area contributed by atoms with Crippen molar-refractivity contribution in [3.8, 4) is 0 Å². The summed E-state index contributed by atoms with van der Waals surface area (Å²) in [6.45, 7) is 0.110. The quantitative estimate of drug-likeness (QED) is 0.559. The molecule has 7 heteroatoms. The first-order valence-electron chi connectivity index (χ1n) is 6.64. The molecule has 2 N–H and O–H groups in total. The summed E-state index contributed by atoms with van der Waals surface area (Å²) < 4.78 is 1.08. The highest BCUT2D eigenvalue weighted by atomic mass is 32.1. The lowest BCUT2D eigenvalue weighted by molar-refractivity contribution is -0.119. The summed E-state index contributed by atoms with van der Waals surface area (Å²) in [5.41, 5.74) is 4.04. The predicted octanol–water partition coefficient (Wildman–Crippen LogP) is 2.25. The van der Waals surface area contributed by atoms with Gasteiger partial charge in [0, 0.05) is 6.20 Å². The zero-order valence-corrected chi connectivity index (χ0v) is 12.4. The number of fused-ring (bicyclic) bond motifs is 1. The van der Waals surface area contributed by atoms with Crippen molar-refractivity contribution in [2.45, 2.75) is 0 Å². The Morgan fingerprint density at radius 1 is 1.23 bits per heavy atom. The Labute approximate surface area is 130 Å². The minimum atomic E-state index is -0.244. The number of carbonyl (C=O) groups is 1. The first-order valence-corrected chi connectivity index (χ1v) is 7.45. The highest BCUT2D eigenvalue weighted by molar-refractivity contribution is 7.22. The highest BCUT2D eigenvalue weighted by Crippen LogP contribution is 2.24. The maximum atomic E-state index is 11.7. The van der Waals surface area contributed by atoms with E-state index in [1.165, 1.54) is 17.6 Å². The fourth-order valence-electron chi connectivity index (χ4n) is 1.77. The number of pyridine rings is 1. The molecule has 6 nitrogen and oxygen atoms in total. The van der Waals surface area contributed by atoms with Gasteiger partial charge in [0.2, 0.25) is 0 Å². The second kappa shape index (κ2) is 6.77. The predicted molar refractivity (Wildman–Crippen MR) is 88.1 cm³/mol. The molecule has 0 saturated heterocycles. The molecule has 0 fully saturated rings. The highest BCUT2D eigenvalue weighted by Gasteiger charge is 2.04. The third kappa shape index (κ3) is 3.64. The van der Waals surface area contributed by atoms with Crippen molar-refractivity contribution in [1.29, 1.82) is 0 Å². The van der Waals surface area contributed by atoms with Crippen molar-refractivity contribution in [1.82, 2.24) is 15.4 Å². The van der Waals surface area contributed by atoms with Crippen LogP contribution >= 0.6 is 11.3 Å². The maximum absolute atomic E-state index is 11.7. The molecule has 3 rings (SSSR count). The van der Waals surface area contributed by atoms with Gasteiger partial charge in [-0.05, 0) is 24.3 Å². The molecule has 0 aliphatic heterocycles. The van der Waals surface area contributed by atoms with Crippen LogP contribution in [-0.4, -0.2) is 28.6 Å². The summed E-state index contributed by atoms with van der Waals surface area (Å²) in [6.07, 6.45) is 3.16. The van der Waals surface area contributed by atoms with Crippen LogP contribution in [0.25, 0.3) is 10.2 Å². The van der Waals surface area contributed by atoms with Crippen molar-refractivity contribution >= 4 is 38.8 Å². The fraction of sp³-hybridized carbons (Fsp3) is 0.0667. The van der Waals surface area contributed by atoms with E-state index in [-0.39, 0.29) is 12.5 Å². The number of hydrogen-bond donors (Lipinski definition) is 2. The Bertz CT molecular complexity index is 767. The molecular weight excluding hydrogens is 298 g/mol. The molecule has 22 heavy (non-hydrogen) atoms. The van der Waals surface area contributed by atoms with E-state index >= 15 is 0 Å². The van der Waals surface area contributed by atoms with E-state index in [1.54, 1.807) is 12.3 Å². The number of benzene rings is 1. The number of hydrogen-bond acceptors (Lipinski definition) is 6. The molecule has 0 atom stereocenters. The topological polar surface area (TPSA) is 79.3 Å². The van der Waals surface area contributed by atoms with Crippen LogP contribution in [0.3, 0.4) is 0 Å². The average Bonchev–Trinajstić information content (AvgIpc) is 2.97. The Kier molecular flexibility index (Phi) is 4.35. The SMILES string of the molecule is O=C(CNc1nc2ccccc2s1)N/N=C\c1ccccn1. The van der Waals surface area contributed by atoms with Crippen molar-refractivity contribution in [2.75, 3.05) is 11.9 Å². The summed E-state index contributed by atoms with van der Waals surface area (Å²) in [4.78, 5) is 20.2. The summed E-state index contributed by atoms with van der Waals surface area (Å²) in [7, 11) is 0. The lowest BCUT2D eigenvalue weighted by Crippen LogP contribution is -2.25. The van der Waals surface area contributed by atoms with E-state index in [2.05, 4.69) is 25.8 Å². The standard InChI is InChI=1S/C15H13N5OS/c21-14(20-18-9-11-5-3-4-8-16-11)10-17-15-19-12-6-1-2-7-13(12)22-15/h1-9H,10H2,(H,17,19)(H,20,21)/b18-9-. The number of carbonyl (C=O) groups excluding carboxylic acids is 1. The lowest BCUT2D eigenvalue weighted by Gasteiger charge is -2.00. The molecule has 0 bridgehead atoms. The van der Waals surface area contributed by atoms with Crippen LogP contribution in [0.1, 0.15) is 5.69 Å². The monoisotopic (exact) mass is 311 g/mol. The molecule has 3 aromatic rings. The molecule has 0 aliphatic rings. The molecule has 0 spiro atoms. The van der Waals surface area contributed by atoms with Crippen molar-refractivity contribution < 1.29 is 4.79 Å². The number of hydrazone groups is 1. The van der Waals surface area contributed by atoms with Gasteiger partial charge in [-0.15, -0.1) is 0 Å². The van der Waals surface area contributed by atoms with Gasteiger partial charge in [0.15, 0.2) is 5.13 Å². The van der Waals surface area contributed by atoms with Crippen LogP contribution in [0.2, 0.25) is 0 Å². The van der Waals surface area contributed by atoms with Crippen LogP contribution in [0.4, 0.5) is 5.13 Å². The van der Waals surface area contributed by atoms with Crippen LogP contribution < -0.4 is 10.7 Å². The molecule has 1 aromatic carbocycles. The molecule has 0 unspecified atom stereocenters. The first kappa shape index (κ1) is 14.2. The second-order valence-electron chi connectivity index (χ2n) is 4.39. The lowest BCUT2D eigenvalue weighted by atomic mass is 10.3. The van der Waals surface area contributed by atoms with Gasteiger partial charge in [-0.3, -0.25) is 9.78 Å². The van der Waals surface area contributed by atoms with Gasteiger partial charge in [-0.2, -0.15) is 5.10 Å². The Hall–Kier alpha value is -2.80. The van der Waals surface area contributed by atoms with E-state index in [4.69, 9.17) is 0 Å². The number of para-hydroxylation sites is 1. The second-order valence-corrected chi connectivity index (χ2v) is 5.42. The van der Waals surface area contributed by atoms with Crippen molar-refractivity contribution in [3.63, 3.8) is 0 Å². The van der Waals surface area contributed by atoms with Crippen molar-refractivity contribution in [3.05, 3.63) is 54.4 Å². The molecule has 0 radical (unpaired) electrons. The molecule has 110 valence electrons. The number of aromatic nitrogens is 2. The third-order valence-corrected chi connectivity index (χ3v) is 3.76. The Morgan fingerprint density at radius 3 is 2.91 bits per heavy atom. The summed E-state index contributed by atoms with van der Waals surface area (Å²) >= 11 is 1.51. The number of rotatable bonds is 5. The minimum absolute atomic E-state index is 0.110. The summed E-state index contributed by atoms with van der Waals surface area (Å²) in [5, 5.41) is 7.55. The summed E-state index contributed by atoms with van der Waals surface area (Å²) in [5.74, 6) is -0.244. The molecule has 2 aromatic heterocycles. The van der Waals surface area contributed by atoms with E-state index < -0.39 is 0 Å². The zero-order chi connectivity index (χ0) is 15.2. The van der Waals surface area contributed by atoms with E-state index in [0.29, 0.717) is 10.8 Å². The van der Waals surface area contributed by atoms with Gasteiger partial charge < -0.3 is 5.32 Å². The van der Waals surface area contributed by atoms with Crippen molar-refractivity contribution in [2.24, 2.45) is 5.10 Å². The number of nitrogens with one attached hydrogen (secondary N) is 2. The van der Waals surface area contributed by atoms with Crippen LogP contribution in [-0.2, 0) is 4.79 Å². The van der Waals surface area contributed by atoms with Gasteiger partial charge in [0.05, 0.1) is 28.7 Å². The molecule has 0 saturated carbocycles. The number of anilines is 1. The van der Waals surface area contributed by atoms with Crippen LogP contribution in [0, 0.1) is 0 Å². The minimum Gasteiger partial charge on any atom is -0.352 e. The Balaban J connectivity index is 1.51. The summed E-state index contributed by atoms with van der Waals surface area (Å²) in [6, 6.07) is 13.3. The van der Waals surface area contributed by atoms with Crippen LogP contribution in [0.15, 0.2) is 53.8 Å². The fourth-order valence-corrected chi connectivity index (χ4v) is 2.63. The van der Waals surface area contributed by atoms with Gasteiger partial charge in [-0.25, -0.2) is 10.4 Å². The third-order valence-electron chi connectivity index (χ3n) is 2.77. The van der Waals surface area contributed by atoms with Gasteiger partial charge in [-0.1, -0.05) is 29.5 Å². The van der Waals surface area contributed by atoms with Crippen LogP contribution in [0.5, 0.6) is 0 Å². The van der Waals surface area contributed by atoms with Gasteiger partial charge >= 0.3 is 0 Å². The number of amides is 1. The smallest absolute Gasteiger partial charge is 0.259 e. The number of nitrogens with zero attached hydrogens (tertiary/aromatic N) is 3. The first-order chi connectivity index (χ1) is 10.8. The molecule has 0 aliphatic carbocycles. The Morgan fingerprint density at radius 2 is 2.09 bits per heavy atom. The maximum Gasteiger partial charge on any atom is 0.259 e. The zero-order valence-electron chi connectivity index (χ0n) is 11.6. The van der Waals surface area contributed by atoms with E-state index in [1.807, 2.05) is 36.4 Å². The normalized spacial score (nSPS) is 10.9. The average molecular weight is 311 g/mol. The van der Waals surface area contributed by atoms with Gasteiger partial charge in [0.1, 0.15) is 0 Å². The van der Waals surface area contributed by atoms with E-state index in [9.17, 15) is 4.79 Å². The number of thiazole rings is 1. The largest absolute Gasteiger partial charge is 0.352 e. The molecule has 1 amide bonds. The van der Waals surface area contributed by atoms with E-state index in [0.717, 1.165) is 10.2 Å². The van der Waals surface area contributed by atoms with Gasteiger partial charge in [0.25, 0.3) is 5.91 Å². The molecular formula is C15H13N5OS.